The maximum atomic E-state index is 12.9. The minimum atomic E-state index is -3.59. The number of halogens is 2. The second-order valence-electron chi connectivity index (χ2n) is 4.92. The third-order valence-electron chi connectivity index (χ3n) is 3.41. The quantitative estimate of drug-likeness (QED) is 0.683. The summed E-state index contributed by atoms with van der Waals surface area (Å²) in [4.78, 5) is 4.36. The topological polar surface area (TPSA) is 50.3 Å². The van der Waals surface area contributed by atoms with E-state index in [2.05, 4.69) is 36.8 Å². The number of sulfonamides is 1. The number of nitrogens with zero attached hydrogens (tertiary/aromatic N) is 2. The van der Waals surface area contributed by atoms with E-state index in [0.29, 0.717) is 5.69 Å². The van der Waals surface area contributed by atoms with Gasteiger partial charge in [0, 0.05) is 18.0 Å². The van der Waals surface area contributed by atoms with Crippen molar-refractivity contribution in [1.82, 2.24) is 4.98 Å². The first kappa shape index (κ1) is 15.0. The number of aryl methyl sites for hydroxylation is 1. The summed E-state index contributed by atoms with van der Waals surface area (Å²) < 4.78 is 26.5. The van der Waals surface area contributed by atoms with E-state index < -0.39 is 13.3 Å². The molecule has 110 valence electrons. The molecule has 0 N–H and O–H groups in total. The number of pyridine rings is 1. The molecule has 3 rings (SSSR count). The lowest BCUT2D eigenvalue weighted by atomic mass is 10.2. The Hall–Kier alpha value is -0.920. The van der Waals surface area contributed by atoms with Crippen molar-refractivity contribution in [2.75, 3.05) is 10.8 Å². The summed E-state index contributed by atoms with van der Waals surface area (Å²) >= 11 is 7.06. The second kappa shape index (κ2) is 5.07. The van der Waals surface area contributed by atoms with Gasteiger partial charge < -0.3 is 0 Å². The molecule has 0 amide bonds. The molecule has 1 aromatic heterocycles. The lowest BCUT2D eigenvalue weighted by Gasteiger charge is -2.20. The van der Waals surface area contributed by atoms with Gasteiger partial charge in [0.2, 0.25) is 0 Å². The number of fused-ring (bicyclic) bond motifs is 1. The Bertz CT molecular complexity index is 789. The monoisotopic (exact) mass is 430 g/mol. The van der Waals surface area contributed by atoms with E-state index in [9.17, 15) is 8.42 Å². The predicted molar refractivity (Wildman–Crippen MR) is 89.5 cm³/mol. The molecule has 1 aromatic carbocycles. The first-order valence-corrected chi connectivity index (χ1v) is 9.27. The van der Waals surface area contributed by atoms with E-state index in [1.807, 2.05) is 6.92 Å². The number of hydrogen-bond acceptors (Lipinski definition) is 3. The predicted octanol–water partition coefficient (Wildman–Crippen LogP) is 3.54. The van der Waals surface area contributed by atoms with Crippen molar-refractivity contribution in [3.8, 4) is 0 Å². The van der Waals surface area contributed by atoms with Crippen LogP contribution >= 0.6 is 31.9 Å². The molecule has 7 heteroatoms. The van der Waals surface area contributed by atoms with Crippen molar-refractivity contribution in [2.24, 2.45) is 0 Å². The SMILES string of the molecule is Cc1ccc(S(=O)(=O)N2CC(Br)(Br)c3cnccc32)cc1. The highest BCUT2D eigenvalue weighted by Crippen LogP contribution is 2.50. The highest BCUT2D eigenvalue weighted by atomic mass is 79.9. The number of benzene rings is 1. The van der Waals surface area contributed by atoms with E-state index in [1.165, 1.54) is 4.31 Å². The van der Waals surface area contributed by atoms with Crippen LogP contribution in [0.25, 0.3) is 0 Å². The molecule has 0 radical (unpaired) electrons. The highest BCUT2D eigenvalue weighted by molar-refractivity contribution is 9.24. The van der Waals surface area contributed by atoms with Crippen LogP contribution in [-0.2, 0) is 13.3 Å². The summed E-state index contributed by atoms with van der Waals surface area (Å²) in [5, 5.41) is 0. The molecule has 1 aliphatic heterocycles. The van der Waals surface area contributed by atoms with Crippen LogP contribution in [0.5, 0.6) is 0 Å². The Morgan fingerprint density at radius 3 is 2.52 bits per heavy atom. The smallest absolute Gasteiger partial charge is 0.264 e. The van der Waals surface area contributed by atoms with Gasteiger partial charge in [-0.25, -0.2) is 8.42 Å². The standard InChI is InChI=1S/C14H12Br2N2O2S/c1-10-2-4-11(5-3-10)21(19,20)18-9-14(15,16)12-8-17-7-6-13(12)18/h2-8H,9H2,1H3. The zero-order chi connectivity index (χ0) is 15.3. The minimum absolute atomic E-state index is 0.268. The second-order valence-corrected chi connectivity index (χ2v) is 10.6. The van der Waals surface area contributed by atoms with E-state index in [-0.39, 0.29) is 11.4 Å². The summed E-state index contributed by atoms with van der Waals surface area (Å²) in [6.45, 7) is 2.19. The molecular weight excluding hydrogens is 420 g/mol. The van der Waals surface area contributed by atoms with Gasteiger partial charge in [0.05, 0.1) is 17.1 Å². The van der Waals surface area contributed by atoms with Gasteiger partial charge in [0.15, 0.2) is 0 Å². The average molecular weight is 432 g/mol. The van der Waals surface area contributed by atoms with Crippen molar-refractivity contribution in [3.05, 3.63) is 53.9 Å². The zero-order valence-corrected chi connectivity index (χ0v) is 15.1. The fourth-order valence-electron chi connectivity index (χ4n) is 2.29. The molecular formula is C14H12Br2N2O2S. The van der Waals surface area contributed by atoms with E-state index in [1.54, 1.807) is 42.7 Å². The molecule has 1 aliphatic rings. The van der Waals surface area contributed by atoms with Crippen molar-refractivity contribution in [3.63, 3.8) is 0 Å². The lowest BCUT2D eigenvalue weighted by molar-refractivity contribution is 0.592. The largest absolute Gasteiger partial charge is 0.264 e. The average Bonchev–Trinajstić information content (AvgIpc) is 2.73. The minimum Gasteiger partial charge on any atom is -0.264 e. The van der Waals surface area contributed by atoms with Crippen LogP contribution < -0.4 is 4.31 Å². The van der Waals surface area contributed by atoms with Crippen LogP contribution in [0, 0.1) is 6.92 Å². The van der Waals surface area contributed by atoms with Crippen LogP contribution in [0.3, 0.4) is 0 Å². The van der Waals surface area contributed by atoms with Gasteiger partial charge >= 0.3 is 0 Å². The Labute approximate surface area is 140 Å². The molecule has 2 heterocycles. The Balaban J connectivity index is 2.11. The third-order valence-corrected chi connectivity index (χ3v) is 6.54. The fraction of sp³-hybridized carbons (Fsp3) is 0.214. The highest BCUT2D eigenvalue weighted by Gasteiger charge is 2.44. The first-order chi connectivity index (χ1) is 9.82. The maximum Gasteiger partial charge on any atom is 0.264 e. The van der Waals surface area contributed by atoms with Gasteiger partial charge in [-0.05, 0) is 25.1 Å². The third kappa shape index (κ3) is 2.51. The summed E-state index contributed by atoms with van der Waals surface area (Å²) in [6, 6.07) is 8.57. The van der Waals surface area contributed by atoms with Gasteiger partial charge in [-0.3, -0.25) is 9.29 Å². The molecule has 0 saturated heterocycles. The zero-order valence-electron chi connectivity index (χ0n) is 11.1. The van der Waals surface area contributed by atoms with Crippen LogP contribution in [0.15, 0.2) is 47.6 Å². The number of aromatic nitrogens is 1. The van der Waals surface area contributed by atoms with Crippen molar-refractivity contribution in [1.29, 1.82) is 0 Å². The molecule has 2 aromatic rings. The van der Waals surface area contributed by atoms with Gasteiger partial charge in [-0.2, -0.15) is 0 Å². The van der Waals surface area contributed by atoms with Crippen molar-refractivity contribution >= 4 is 47.6 Å². The van der Waals surface area contributed by atoms with E-state index >= 15 is 0 Å². The number of rotatable bonds is 2. The lowest BCUT2D eigenvalue weighted by Crippen LogP contribution is -2.32. The Morgan fingerprint density at radius 2 is 1.86 bits per heavy atom. The van der Waals surface area contributed by atoms with Gasteiger partial charge in [-0.15, -0.1) is 0 Å². The Kier molecular flexibility index (Phi) is 3.62. The number of anilines is 1. The van der Waals surface area contributed by atoms with E-state index in [0.717, 1.165) is 11.1 Å². The fourth-order valence-corrected chi connectivity index (χ4v) is 5.25. The van der Waals surface area contributed by atoms with E-state index in [4.69, 9.17) is 0 Å². The Morgan fingerprint density at radius 1 is 1.19 bits per heavy atom. The molecule has 21 heavy (non-hydrogen) atoms. The molecule has 0 saturated carbocycles. The molecule has 4 nitrogen and oxygen atoms in total. The summed E-state index contributed by atoms with van der Waals surface area (Å²) in [7, 11) is -3.59. The summed E-state index contributed by atoms with van der Waals surface area (Å²) in [5.41, 5.74) is 2.47. The maximum absolute atomic E-state index is 12.9. The van der Waals surface area contributed by atoms with Crippen LogP contribution in [0.4, 0.5) is 5.69 Å². The van der Waals surface area contributed by atoms with Gasteiger partial charge in [-0.1, -0.05) is 49.6 Å². The number of alkyl halides is 2. The molecule has 0 aliphatic carbocycles. The molecule has 0 unspecified atom stereocenters. The van der Waals surface area contributed by atoms with Crippen molar-refractivity contribution < 1.29 is 8.42 Å². The van der Waals surface area contributed by atoms with Gasteiger partial charge in [0.25, 0.3) is 10.0 Å². The molecule has 0 fully saturated rings. The van der Waals surface area contributed by atoms with Crippen LogP contribution in [0.2, 0.25) is 0 Å². The van der Waals surface area contributed by atoms with Crippen LogP contribution in [-0.4, -0.2) is 19.9 Å². The normalized spacial score (nSPS) is 16.8. The van der Waals surface area contributed by atoms with Crippen LogP contribution in [0.1, 0.15) is 11.1 Å². The summed E-state index contributed by atoms with van der Waals surface area (Å²) in [6.07, 6.45) is 3.27. The molecule has 0 atom stereocenters. The first-order valence-electron chi connectivity index (χ1n) is 6.24. The molecule has 0 bridgehead atoms. The van der Waals surface area contributed by atoms with Crippen molar-refractivity contribution in [2.45, 2.75) is 15.1 Å². The molecule has 0 spiro atoms. The summed E-state index contributed by atoms with van der Waals surface area (Å²) in [5.74, 6) is 0. The number of hydrogen-bond donors (Lipinski definition) is 0. The van der Waals surface area contributed by atoms with Gasteiger partial charge in [0.1, 0.15) is 3.23 Å².